The van der Waals surface area contributed by atoms with Crippen LogP contribution in [0.3, 0.4) is 0 Å². The van der Waals surface area contributed by atoms with E-state index in [1.165, 1.54) is 0 Å². The lowest BCUT2D eigenvalue weighted by Gasteiger charge is -2.29. The van der Waals surface area contributed by atoms with Gasteiger partial charge in [0, 0.05) is 0 Å². The van der Waals surface area contributed by atoms with Crippen molar-refractivity contribution in [2.75, 3.05) is 0 Å². The van der Waals surface area contributed by atoms with Crippen molar-refractivity contribution in [1.29, 1.82) is 0 Å². The number of hydrogen-bond acceptors (Lipinski definition) is 2. The molecular formula is C7H18NO3P. The molecule has 0 aromatic carbocycles. The highest BCUT2D eigenvalue weighted by Gasteiger charge is 2.41. The number of rotatable bonds is 5. The average molecular weight is 195 g/mol. The van der Waals surface area contributed by atoms with Gasteiger partial charge in [-0.2, -0.15) is 0 Å². The maximum absolute atomic E-state index is 11.0. The van der Waals surface area contributed by atoms with E-state index >= 15 is 0 Å². The Labute approximate surface area is 73.3 Å². The molecule has 12 heavy (non-hydrogen) atoms. The van der Waals surface area contributed by atoms with E-state index in [1.807, 2.05) is 13.8 Å². The molecular weight excluding hydrogens is 177 g/mol. The van der Waals surface area contributed by atoms with Crippen LogP contribution in [0, 0.1) is 0 Å². The van der Waals surface area contributed by atoms with Gasteiger partial charge in [0.25, 0.3) is 0 Å². The maximum Gasteiger partial charge on any atom is 0.345 e. The SMILES string of the molecule is CCCC(N)(CCC)P(=O)(O)O. The zero-order valence-corrected chi connectivity index (χ0v) is 8.55. The summed E-state index contributed by atoms with van der Waals surface area (Å²) in [4.78, 5) is 18.0. The molecule has 4 nitrogen and oxygen atoms in total. The van der Waals surface area contributed by atoms with Crippen molar-refractivity contribution in [3.8, 4) is 0 Å². The zero-order valence-electron chi connectivity index (χ0n) is 7.66. The molecule has 0 saturated heterocycles. The van der Waals surface area contributed by atoms with E-state index in [-0.39, 0.29) is 0 Å². The van der Waals surface area contributed by atoms with Gasteiger partial charge < -0.3 is 15.5 Å². The Balaban J connectivity index is 4.50. The van der Waals surface area contributed by atoms with Gasteiger partial charge in [-0.15, -0.1) is 0 Å². The summed E-state index contributed by atoms with van der Waals surface area (Å²) in [5, 5.41) is -1.30. The molecule has 0 unspecified atom stereocenters. The van der Waals surface area contributed by atoms with Gasteiger partial charge in [-0.3, -0.25) is 4.57 Å². The summed E-state index contributed by atoms with van der Waals surface area (Å²) >= 11 is 0. The van der Waals surface area contributed by atoms with E-state index < -0.39 is 12.9 Å². The Morgan fingerprint density at radius 2 is 1.58 bits per heavy atom. The summed E-state index contributed by atoms with van der Waals surface area (Å²) in [6.07, 6.45) is 2.15. The van der Waals surface area contributed by atoms with E-state index in [0.29, 0.717) is 25.7 Å². The first-order valence-corrected chi connectivity index (χ1v) is 5.83. The average Bonchev–Trinajstić information content (AvgIpc) is 1.86. The molecule has 0 rings (SSSR count). The molecule has 0 spiro atoms. The Morgan fingerprint density at radius 3 is 1.75 bits per heavy atom. The van der Waals surface area contributed by atoms with Crippen molar-refractivity contribution in [3.63, 3.8) is 0 Å². The number of nitrogens with two attached hydrogens (primary N) is 1. The molecule has 0 aromatic rings. The maximum atomic E-state index is 11.0. The Hall–Kier alpha value is 0.110. The van der Waals surface area contributed by atoms with Gasteiger partial charge in [0.15, 0.2) is 0 Å². The third-order valence-corrected chi connectivity index (χ3v) is 3.55. The summed E-state index contributed by atoms with van der Waals surface area (Å²) < 4.78 is 11.0. The molecule has 0 fully saturated rings. The van der Waals surface area contributed by atoms with Crippen LogP contribution in [0.15, 0.2) is 0 Å². The van der Waals surface area contributed by atoms with E-state index in [4.69, 9.17) is 15.5 Å². The van der Waals surface area contributed by atoms with Gasteiger partial charge in [0.2, 0.25) is 0 Å². The predicted molar refractivity (Wildman–Crippen MR) is 48.8 cm³/mol. The molecule has 0 radical (unpaired) electrons. The van der Waals surface area contributed by atoms with Crippen molar-refractivity contribution in [2.24, 2.45) is 5.73 Å². The summed E-state index contributed by atoms with van der Waals surface area (Å²) in [6, 6.07) is 0. The molecule has 0 aliphatic rings. The summed E-state index contributed by atoms with van der Waals surface area (Å²) in [6.45, 7) is 3.74. The van der Waals surface area contributed by atoms with Crippen molar-refractivity contribution in [2.45, 2.75) is 44.8 Å². The largest absolute Gasteiger partial charge is 0.345 e. The van der Waals surface area contributed by atoms with Gasteiger partial charge in [0.1, 0.15) is 5.28 Å². The smallest absolute Gasteiger partial charge is 0.323 e. The van der Waals surface area contributed by atoms with E-state index in [2.05, 4.69) is 0 Å². The fourth-order valence-electron chi connectivity index (χ4n) is 1.28. The zero-order chi connectivity index (χ0) is 9.83. The molecule has 0 atom stereocenters. The lowest BCUT2D eigenvalue weighted by molar-refractivity contribution is 0.306. The second kappa shape index (κ2) is 4.38. The van der Waals surface area contributed by atoms with Crippen LogP contribution >= 0.6 is 7.60 Å². The van der Waals surface area contributed by atoms with Gasteiger partial charge in [-0.05, 0) is 12.8 Å². The topological polar surface area (TPSA) is 83.6 Å². The fraction of sp³-hybridized carbons (Fsp3) is 1.00. The van der Waals surface area contributed by atoms with Crippen LogP contribution in [0.4, 0.5) is 0 Å². The van der Waals surface area contributed by atoms with Crippen molar-refractivity contribution >= 4 is 7.60 Å². The molecule has 0 bridgehead atoms. The Kier molecular flexibility index (Phi) is 4.42. The van der Waals surface area contributed by atoms with Crippen molar-refractivity contribution in [3.05, 3.63) is 0 Å². The minimum Gasteiger partial charge on any atom is -0.323 e. The second-order valence-electron chi connectivity index (χ2n) is 3.15. The molecule has 5 heteroatoms. The quantitative estimate of drug-likeness (QED) is 0.579. The highest BCUT2D eigenvalue weighted by atomic mass is 31.2. The molecule has 0 heterocycles. The molecule has 0 amide bonds. The molecule has 0 aliphatic carbocycles. The van der Waals surface area contributed by atoms with Gasteiger partial charge in [-0.25, -0.2) is 0 Å². The van der Waals surface area contributed by atoms with Crippen LogP contribution in [-0.2, 0) is 4.57 Å². The number of hydrogen-bond donors (Lipinski definition) is 3. The van der Waals surface area contributed by atoms with E-state index in [0.717, 1.165) is 0 Å². The van der Waals surface area contributed by atoms with Crippen LogP contribution in [0.2, 0.25) is 0 Å². The third-order valence-electron chi connectivity index (χ3n) is 1.95. The van der Waals surface area contributed by atoms with Crippen LogP contribution in [0.1, 0.15) is 39.5 Å². The lowest BCUT2D eigenvalue weighted by Crippen LogP contribution is -2.39. The molecule has 0 aromatic heterocycles. The first kappa shape index (κ1) is 12.1. The molecule has 0 saturated carbocycles. The first-order valence-electron chi connectivity index (χ1n) is 4.22. The Morgan fingerprint density at radius 1 is 1.25 bits per heavy atom. The van der Waals surface area contributed by atoms with Gasteiger partial charge in [-0.1, -0.05) is 26.7 Å². The lowest BCUT2D eigenvalue weighted by atomic mass is 10.1. The van der Waals surface area contributed by atoms with Crippen LogP contribution in [-0.4, -0.2) is 15.1 Å². The minimum atomic E-state index is -4.14. The summed E-state index contributed by atoms with van der Waals surface area (Å²) in [5.74, 6) is 0. The van der Waals surface area contributed by atoms with Crippen molar-refractivity contribution < 1.29 is 14.4 Å². The molecule has 74 valence electrons. The highest BCUT2D eigenvalue weighted by molar-refractivity contribution is 7.53. The van der Waals surface area contributed by atoms with Crippen LogP contribution < -0.4 is 5.73 Å². The normalized spacial score (nSPS) is 13.4. The van der Waals surface area contributed by atoms with Crippen LogP contribution in [0.5, 0.6) is 0 Å². The molecule has 4 N–H and O–H groups in total. The first-order chi connectivity index (χ1) is 5.37. The molecule has 0 aliphatic heterocycles. The van der Waals surface area contributed by atoms with Gasteiger partial charge >= 0.3 is 7.60 Å². The summed E-state index contributed by atoms with van der Waals surface area (Å²) in [7, 11) is -4.14. The third kappa shape index (κ3) is 2.87. The predicted octanol–water partition coefficient (Wildman–Crippen LogP) is 1.42. The monoisotopic (exact) mass is 195 g/mol. The van der Waals surface area contributed by atoms with Crippen molar-refractivity contribution in [1.82, 2.24) is 0 Å². The minimum absolute atomic E-state index is 0.380. The van der Waals surface area contributed by atoms with Gasteiger partial charge in [0.05, 0.1) is 0 Å². The standard InChI is InChI=1S/C7H18NO3P/c1-3-5-7(8,6-4-2)12(9,10)11/h3-6,8H2,1-2H3,(H2,9,10,11). The summed E-state index contributed by atoms with van der Waals surface area (Å²) in [5.41, 5.74) is 5.63. The fourth-order valence-corrected chi connectivity index (χ4v) is 2.31. The van der Waals surface area contributed by atoms with E-state index in [9.17, 15) is 4.57 Å². The Bertz CT molecular complexity index is 171. The second-order valence-corrected chi connectivity index (χ2v) is 5.13. The highest BCUT2D eigenvalue weighted by Crippen LogP contribution is 2.51. The van der Waals surface area contributed by atoms with Crippen LogP contribution in [0.25, 0.3) is 0 Å². The van der Waals surface area contributed by atoms with E-state index in [1.54, 1.807) is 0 Å².